The van der Waals surface area contributed by atoms with Crippen LogP contribution in [0, 0.1) is 5.41 Å². The van der Waals surface area contributed by atoms with E-state index in [2.05, 4.69) is 0 Å². The fourth-order valence-corrected chi connectivity index (χ4v) is 2.38. The van der Waals surface area contributed by atoms with Gasteiger partial charge in [0, 0.05) is 0 Å². The van der Waals surface area contributed by atoms with Crippen molar-refractivity contribution in [2.24, 2.45) is 5.41 Å². The first-order valence-electron chi connectivity index (χ1n) is 8.53. The van der Waals surface area contributed by atoms with Gasteiger partial charge >= 0.3 is 11.9 Å². The van der Waals surface area contributed by atoms with E-state index in [-0.39, 0.29) is 17.3 Å². The Balaban J connectivity index is 1.97. The number of phenolic OH excluding ortho intramolecular Hbond substituents is 1. The smallest absolute Gasteiger partial charge is 0.335 e. The number of carboxylic acids is 1. The molecule has 138 valence electrons. The lowest BCUT2D eigenvalue weighted by Crippen LogP contribution is -2.25. The van der Waals surface area contributed by atoms with Crippen molar-refractivity contribution >= 4 is 11.9 Å². The second kappa shape index (κ2) is 8.04. The molecule has 0 fully saturated rings. The van der Waals surface area contributed by atoms with Gasteiger partial charge in [-0.1, -0.05) is 12.1 Å². The Morgan fingerprint density at radius 1 is 1.00 bits per heavy atom. The van der Waals surface area contributed by atoms with Crippen molar-refractivity contribution in [1.29, 1.82) is 0 Å². The van der Waals surface area contributed by atoms with Crippen LogP contribution in [0.5, 0.6) is 11.5 Å². The number of aromatic hydroxyl groups is 1. The summed E-state index contributed by atoms with van der Waals surface area (Å²) in [4.78, 5) is 22.8. The van der Waals surface area contributed by atoms with E-state index in [1.54, 1.807) is 57.2 Å². The summed E-state index contributed by atoms with van der Waals surface area (Å²) in [6, 6.07) is 11.6. The first-order valence-corrected chi connectivity index (χ1v) is 8.53. The molecule has 26 heavy (non-hydrogen) atoms. The minimum atomic E-state index is -0.942. The molecule has 0 bridgehead atoms. The SMILES string of the molecule is CC(C)(C)C(=O)Oc1ccc(O)c(CCCc2ccc(C(=O)O)cc2)c1. The third-order valence-corrected chi connectivity index (χ3v) is 3.99. The lowest BCUT2D eigenvalue weighted by atomic mass is 9.97. The Hall–Kier alpha value is -2.82. The molecule has 2 aromatic carbocycles. The van der Waals surface area contributed by atoms with Gasteiger partial charge in [0.05, 0.1) is 11.0 Å². The lowest BCUT2D eigenvalue weighted by molar-refractivity contribution is -0.143. The molecule has 0 aliphatic heterocycles. The molecule has 5 nitrogen and oxygen atoms in total. The molecule has 0 aliphatic carbocycles. The predicted molar refractivity (Wildman–Crippen MR) is 98.6 cm³/mol. The van der Waals surface area contributed by atoms with Crippen molar-refractivity contribution in [3.63, 3.8) is 0 Å². The number of carboxylic acid groups (broad SMARTS) is 1. The molecule has 5 heteroatoms. The van der Waals surface area contributed by atoms with E-state index < -0.39 is 11.4 Å². The first kappa shape index (κ1) is 19.5. The Labute approximate surface area is 153 Å². The zero-order valence-electron chi connectivity index (χ0n) is 15.3. The van der Waals surface area contributed by atoms with Gasteiger partial charge in [0.25, 0.3) is 0 Å². The topological polar surface area (TPSA) is 83.8 Å². The average Bonchev–Trinajstić information content (AvgIpc) is 2.57. The number of aryl methyl sites for hydroxylation is 2. The predicted octanol–water partition coefficient (Wildman–Crippen LogP) is 4.22. The molecule has 2 rings (SSSR count). The van der Waals surface area contributed by atoms with Crippen molar-refractivity contribution in [1.82, 2.24) is 0 Å². The number of carbonyl (C=O) groups is 2. The summed E-state index contributed by atoms with van der Waals surface area (Å²) in [5.41, 5.74) is 1.41. The summed E-state index contributed by atoms with van der Waals surface area (Å²) >= 11 is 0. The summed E-state index contributed by atoms with van der Waals surface area (Å²) in [5, 5.41) is 18.9. The quantitative estimate of drug-likeness (QED) is 0.598. The largest absolute Gasteiger partial charge is 0.508 e. The van der Waals surface area contributed by atoms with Gasteiger partial charge in [-0.15, -0.1) is 0 Å². The van der Waals surface area contributed by atoms with Gasteiger partial charge in [-0.3, -0.25) is 4.79 Å². The molecule has 0 aliphatic rings. The molecule has 0 atom stereocenters. The van der Waals surface area contributed by atoms with Gasteiger partial charge in [0.15, 0.2) is 0 Å². The molecule has 0 radical (unpaired) electrons. The van der Waals surface area contributed by atoms with Crippen LogP contribution in [0.4, 0.5) is 0 Å². The van der Waals surface area contributed by atoms with Crippen molar-refractivity contribution in [2.45, 2.75) is 40.0 Å². The van der Waals surface area contributed by atoms with Gasteiger partial charge < -0.3 is 14.9 Å². The third kappa shape index (κ3) is 5.34. The summed E-state index contributed by atoms with van der Waals surface area (Å²) < 4.78 is 5.37. The molecule has 0 unspecified atom stereocenters. The molecule has 0 saturated heterocycles. The fourth-order valence-electron chi connectivity index (χ4n) is 2.38. The van der Waals surface area contributed by atoms with E-state index in [0.29, 0.717) is 17.7 Å². The number of hydrogen-bond acceptors (Lipinski definition) is 4. The number of ether oxygens (including phenoxy) is 1. The van der Waals surface area contributed by atoms with E-state index in [1.165, 1.54) is 6.07 Å². The minimum absolute atomic E-state index is 0.168. The maximum atomic E-state index is 12.0. The number of aromatic carboxylic acids is 1. The number of benzene rings is 2. The van der Waals surface area contributed by atoms with Crippen LogP contribution in [0.1, 0.15) is 48.7 Å². The monoisotopic (exact) mass is 356 g/mol. The zero-order chi connectivity index (χ0) is 19.3. The average molecular weight is 356 g/mol. The second-order valence-electron chi connectivity index (χ2n) is 7.29. The molecule has 0 amide bonds. The van der Waals surface area contributed by atoms with Crippen LogP contribution in [0.3, 0.4) is 0 Å². The first-order chi connectivity index (χ1) is 12.2. The molecule has 0 aromatic heterocycles. The minimum Gasteiger partial charge on any atom is -0.508 e. The van der Waals surface area contributed by atoms with Crippen LogP contribution in [0.15, 0.2) is 42.5 Å². The number of esters is 1. The number of carbonyl (C=O) groups excluding carboxylic acids is 1. The second-order valence-corrected chi connectivity index (χ2v) is 7.29. The summed E-state index contributed by atoms with van der Waals surface area (Å²) in [7, 11) is 0. The van der Waals surface area contributed by atoms with Crippen LogP contribution in [-0.2, 0) is 17.6 Å². The molecule has 0 spiro atoms. The van der Waals surface area contributed by atoms with Crippen molar-refractivity contribution in [3.8, 4) is 11.5 Å². The number of rotatable bonds is 6. The highest BCUT2D eigenvalue weighted by molar-refractivity contribution is 5.87. The van der Waals surface area contributed by atoms with Crippen LogP contribution >= 0.6 is 0 Å². The van der Waals surface area contributed by atoms with E-state index in [1.807, 2.05) is 0 Å². The standard InChI is InChI=1S/C21H24O5/c1-21(2,3)20(25)26-17-11-12-18(22)16(13-17)6-4-5-14-7-9-15(10-8-14)19(23)24/h7-13,22H,4-6H2,1-3H3,(H,23,24). The molecule has 0 saturated carbocycles. The highest BCUT2D eigenvalue weighted by Gasteiger charge is 2.23. The van der Waals surface area contributed by atoms with Crippen LogP contribution in [-0.4, -0.2) is 22.2 Å². The number of hydrogen-bond donors (Lipinski definition) is 2. The summed E-state index contributed by atoms with van der Waals surface area (Å²) in [5.74, 6) is -0.680. The van der Waals surface area contributed by atoms with E-state index in [0.717, 1.165) is 18.4 Å². The molecular formula is C21H24O5. The fraction of sp³-hybridized carbons (Fsp3) is 0.333. The van der Waals surface area contributed by atoms with E-state index in [9.17, 15) is 14.7 Å². The summed E-state index contributed by atoms with van der Waals surface area (Å²) in [6.07, 6.45) is 2.15. The van der Waals surface area contributed by atoms with Gasteiger partial charge in [-0.05, 0) is 81.5 Å². The lowest BCUT2D eigenvalue weighted by Gasteiger charge is -2.17. The zero-order valence-corrected chi connectivity index (χ0v) is 15.3. The van der Waals surface area contributed by atoms with Gasteiger partial charge in [-0.25, -0.2) is 4.79 Å². The normalized spacial score (nSPS) is 11.2. The van der Waals surface area contributed by atoms with E-state index in [4.69, 9.17) is 9.84 Å². The molecule has 2 N–H and O–H groups in total. The maximum Gasteiger partial charge on any atom is 0.335 e. The highest BCUT2D eigenvalue weighted by atomic mass is 16.5. The molecular weight excluding hydrogens is 332 g/mol. The van der Waals surface area contributed by atoms with Crippen LogP contribution < -0.4 is 4.74 Å². The Morgan fingerprint density at radius 2 is 1.65 bits per heavy atom. The molecule has 2 aromatic rings. The molecule has 0 heterocycles. The van der Waals surface area contributed by atoms with Crippen molar-refractivity contribution in [2.75, 3.05) is 0 Å². The van der Waals surface area contributed by atoms with Gasteiger partial charge in [0.2, 0.25) is 0 Å². The highest BCUT2D eigenvalue weighted by Crippen LogP contribution is 2.26. The Kier molecular flexibility index (Phi) is 6.03. The third-order valence-electron chi connectivity index (χ3n) is 3.99. The number of phenols is 1. The van der Waals surface area contributed by atoms with E-state index >= 15 is 0 Å². The maximum absolute atomic E-state index is 12.0. The van der Waals surface area contributed by atoms with Crippen molar-refractivity contribution < 1.29 is 24.5 Å². The van der Waals surface area contributed by atoms with Crippen LogP contribution in [0.2, 0.25) is 0 Å². The Bertz CT molecular complexity index is 785. The van der Waals surface area contributed by atoms with Gasteiger partial charge in [-0.2, -0.15) is 0 Å². The van der Waals surface area contributed by atoms with Crippen LogP contribution in [0.25, 0.3) is 0 Å². The Morgan fingerprint density at radius 3 is 2.23 bits per heavy atom. The summed E-state index contributed by atoms with van der Waals surface area (Å²) in [6.45, 7) is 5.35. The van der Waals surface area contributed by atoms with Crippen molar-refractivity contribution in [3.05, 3.63) is 59.2 Å². The van der Waals surface area contributed by atoms with Gasteiger partial charge in [0.1, 0.15) is 11.5 Å².